The summed E-state index contributed by atoms with van der Waals surface area (Å²) in [5.41, 5.74) is -0.299. The van der Waals surface area contributed by atoms with Crippen molar-refractivity contribution in [3.63, 3.8) is 0 Å². The number of carboxylic acids is 1. The molecule has 27 heavy (non-hydrogen) atoms. The minimum absolute atomic E-state index is 0.141. The van der Waals surface area contributed by atoms with E-state index in [0.29, 0.717) is 11.0 Å². The maximum absolute atomic E-state index is 14.5. The van der Waals surface area contributed by atoms with Crippen LogP contribution in [0.2, 0.25) is 0 Å². The van der Waals surface area contributed by atoms with Crippen molar-refractivity contribution in [2.45, 2.75) is 19.4 Å². The fourth-order valence-electron chi connectivity index (χ4n) is 2.72. The summed E-state index contributed by atoms with van der Waals surface area (Å²) < 4.78 is 14.5. The Balaban J connectivity index is 2.21. The first-order chi connectivity index (χ1) is 12.8. The van der Waals surface area contributed by atoms with Crippen LogP contribution in [0, 0.1) is 5.82 Å². The Labute approximate surface area is 154 Å². The molecule has 2 N–H and O–H groups in total. The third-order valence-corrected chi connectivity index (χ3v) is 4.25. The molecule has 1 heterocycles. The van der Waals surface area contributed by atoms with Gasteiger partial charge in [-0.05, 0) is 49.4 Å². The molecular formula is C18H18FN5O3. The lowest BCUT2D eigenvalue weighted by molar-refractivity contribution is -0.142. The molecule has 0 atom stereocenters. The molecule has 1 aromatic heterocycles. The zero-order valence-electron chi connectivity index (χ0n) is 15.0. The number of carboxylic acid groups (broad SMARTS) is 1. The van der Waals surface area contributed by atoms with Crippen molar-refractivity contribution in [1.82, 2.24) is 20.4 Å². The van der Waals surface area contributed by atoms with Crippen LogP contribution in [0.25, 0.3) is 11.0 Å². The molecule has 0 saturated heterocycles. The predicted octanol–water partition coefficient (Wildman–Crippen LogP) is 2.06. The fraction of sp³-hybridized carbons (Fsp3) is 0.222. The molecule has 1 amide bonds. The highest BCUT2D eigenvalue weighted by atomic mass is 19.1. The normalized spacial score (nSPS) is 11.4. The Hall–Kier alpha value is -3.49. The van der Waals surface area contributed by atoms with Gasteiger partial charge in [0, 0.05) is 7.05 Å². The predicted molar refractivity (Wildman–Crippen MR) is 96.9 cm³/mol. The maximum Gasteiger partial charge on any atom is 0.331 e. The number of nitrogens with zero attached hydrogens (tertiary/aromatic N) is 4. The van der Waals surface area contributed by atoms with Crippen molar-refractivity contribution in [3.05, 3.63) is 53.8 Å². The van der Waals surface area contributed by atoms with E-state index in [0.717, 1.165) is 6.07 Å². The highest BCUT2D eigenvalue weighted by molar-refractivity contribution is 5.94. The number of para-hydroxylation sites is 1. The zero-order chi connectivity index (χ0) is 19.8. The third-order valence-electron chi connectivity index (χ3n) is 4.25. The fourth-order valence-corrected chi connectivity index (χ4v) is 2.72. The van der Waals surface area contributed by atoms with E-state index >= 15 is 0 Å². The SMILES string of the molecule is CNC(=O)c1ccc(N(n2nnc3ccccc32)C(C)(C)C(=O)O)cc1F. The summed E-state index contributed by atoms with van der Waals surface area (Å²) in [7, 11) is 1.40. The number of hydrogen-bond acceptors (Lipinski definition) is 5. The first-order valence-electron chi connectivity index (χ1n) is 8.13. The summed E-state index contributed by atoms with van der Waals surface area (Å²) in [5, 5.41) is 21.5. The number of anilines is 1. The van der Waals surface area contributed by atoms with Crippen molar-refractivity contribution in [2.24, 2.45) is 0 Å². The van der Waals surface area contributed by atoms with E-state index in [2.05, 4.69) is 15.6 Å². The van der Waals surface area contributed by atoms with Gasteiger partial charge in [0.15, 0.2) is 5.54 Å². The monoisotopic (exact) mass is 371 g/mol. The number of carbonyl (C=O) groups is 2. The summed E-state index contributed by atoms with van der Waals surface area (Å²) in [4.78, 5) is 25.0. The van der Waals surface area contributed by atoms with Gasteiger partial charge in [-0.25, -0.2) is 14.2 Å². The number of aliphatic carboxylic acids is 1. The van der Waals surface area contributed by atoms with E-state index in [-0.39, 0.29) is 11.3 Å². The van der Waals surface area contributed by atoms with Crippen LogP contribution in [0.3, 0.4) is 0 Å². The van der Waals surface area contributed by atoms with E-state index in [9.17, 15) is 19.1 Å². The summed E-state index contributed by atoms with van der Waals surface area (Å²) in [5.74, 6) is -2.49. The van der Waals surface area contributed by atoms with Gasteiger partial charge in [0.2, 0.25) is 0 Å². The number of amides is 1. The van der Waals surface area contributed by atoms with Gasteiger partial charge in [-0.15, -0.1) is 9.89 Å². The van der Waals surface area contributed by atoms with E-state index < -0.39 is 23.2 Å². The largest absolute Gasteiger partial charge is 0.479 e. The molecular weight excluding hydrogens is 353 g/mol. The van der Waals surface area contributed by atoms with Crippen molar-refractivity contribution in [1.29, 1.82) is 0 Å². The summed E-state index contributed by atoms with van der Waals surface area (Å²) >= 11 is 0. The number of aromatic nitrogens is 3. The second-order valence-corrected chi connectivity index (χ2v) is 6.39. The zero-order valence-corrected chi connectivity index (χ0v) is 15.0. The Morgan fingerprint density at radius 1 is 1.22 bits per heavy atom. The Morgan fingerprint density at radius 2 is 1.93 bits per heavy atom. The van der Waals surface area contributed by atoms with Crippen LogP contribution in [0.4, 0.5) is 10.1 Å². The van der Waals surface area contributed by atoms with E-state index in [4.69, 9.17) is 0 Å². The van der Waals surface area contributed by atoms with Gasteiger partial charge in [0.25, 0.3) is 5.91 Å². The second kappa shape index (κ2) is 6.67. The molecule has 3 aromatic rings. The van der Waals surface area contributed by atoms with E-state index in [1.807, 2.05) is 0 Å². The Kier molecular flexibility index (Phi) is 4.52. The number of halogens is 1. The Bertz CT molecular complexity index is 1030. The van der Waals surface area contributed by atoms with Gasteiger partial charge in [-0.2, -0.15) is 0 Å². The molecule has 9 heteroatoms. The highest BCUT2D eigenvalue weighted by Gasteiger charge is 2.38. The number of rotatable bonds is 5. The van der Waals surface area contributed by atoms with Crippen LogP contribution in [-0.4, -0.2) is 44.7 Å². The van der Waals surface area contributed by atoms with Crippen LogP contribution in [0.15, 0.2) is 42.5 Å². The molecule has 0 aliphatic heterocycles. The minimum Gasteiger partial charge on any atom is -0.479 e. The maximum atomic E-state index is 14.5. The van der Waals surface area contributed by atoms with Gasteiger partial charge in [0.05, 0.1) is 11.3 Å². The van der Waals surface area contributed by atoms with Crippen LogP contribution in [0.5, 0.6) is 0 Å². The van der Waals surface area contributed by atoms with Gasteiger partial charge in [-0.1, -0.05) is 12.1 Å². The molecule has 0 fully saturated rings. The quantitative estimate of drug-likeness (QED) is 0.712. The molecule has 0 radical (unpaired) electrons. The molecule has 0 spiro atoms. The van der Waals surface area contributed by atoms with Gasteiger partial charge in [-0.3, -0.25) is 4.79 Å². The van der Waals surface area contributed by atoms with Crippen molar-refractivity contribution in [3.8, 4) is 0 Å². The van der Waals surface area contributed by atoms with E-state index in [1.54, 1.807) is 24.3 Å². The molecule has 8 nitrogen and oxygen atoms in total. The number of fused-ring (bicyclic) bond motifs is 1. The summed E-state index contributed by atoms with van der Waals surface area (Å²) in [6, 6.07) is 10.9. The summed E-state index contributed by atoms with van der Waals surface area (Å²) in [6.07, 6.45) is 0. The number of hydrogen-bond donors (Lipinski definition) is 2. The Morgan fingerprint density at radius 3 is 2.56 bits per heavy atom. The smallest absolute Gasteiger partial charge is 0.331 e. The van der Waals surface area contributed by atoms with Crippen LogP contribution < -0.4 is 10.3 Å². The second-order valence-electron chi connectivity index (χ2n) is 6.39. The first-order valence-corrected chi connectivity index (χ1v) is 8.13. The number of benzene rings is 2. The minimum atomic E-state index is -1.49. The average molecular weight is 371 g/mol. The molecule has 0 unspecified atom stereocenters. The first kappa shape index (κ1) is 18.3. The van der Waals surface area contributed by atoms with Crippen LogP contribution in [-0.2, 0) is 4.79 Å². The van der Waals surface area contributed by atoms with Crippen molar-refractivity contribution >= 4 is 28.6 Å². The number of carbonyl (C=O) groups excluding carboxylic acids is 1. The molecule has 0 bridgehead atoms. The highest BCUT2D eigenvalue weighted by Crippen LogP contribution is 2.28. The third kappa shape index (κ3) is 3.07. The molecule has 0 aliphatic rings. The van der Waals surface area contributed by atoms with Crippen LogP contribution >= 0.6 is 0 Å². The molecule has 3 rings (SSSR count). The lowest BCUT2D eigenvalue weighted by atomic mass is 10.0. The van der Waals surface area contributed by atoms with Gasteiger partial charge >= 0.3 is 5.97 Å². The number of nitrogens with one attached hydrogen (secondary N) is 1. The lowest BCUT2D eigenvalue weighted by Gasteiger charge is -2.36. The molecule has 0 saturated carbocycles. The van der Waals surface area contributed by atoms with Gasteiger partial charge in [0.1, 0.15) is 16.9 Å². The topological polar surface area (TPSA) is 100 Å². The van der Waals surface area contributed by atoms with Crippen molar-refractivity contribution in [2.75, 3.05) is 12.1 Å². The average Bonchev–Trinajstić information content (AvgIpc) is 3.05. The van der Waals surface area contributed by atoms with Gasteiger partial charge < -0.3 is 10.4 Å². The molecule has 0 aliphatic carbocycles. The van der Waals surface area contributed by atoms with Crippen molar-refractivity contribution < 1.29 is 19.1 Å². The molecule has 140 valence electrons. The summed E-state index contributed by atoms with van der Waals surface area (Å²) in [6.45, 7) is 2.94. The molecule has 2 aromatic carbocycles. The van der Waals surface area contributed by atoms with Crippen LogP contribution in [0.1, 0.15) is 24.2 Å². The van der Waals surface area contributed by atoms with E-state index in [1.165, 1.54) is 42.8 Å². The lowest BCUT2D eigenvalue weighted by Crippen LogP contribution is -2.53. The standard InChI is InChI=1S/C18H18FN5O3/c1-18(2,17(26)27)23(24-15-7-5-4-6-14(15)21-22-24)11-8-9-12(13(19)10-11)16(25)20-3/h4-10H,1-3H3,(H,20,25)(H,26,27).